The maximum absolute atomic E-state index is 12.2. The number of nitrogens with zero attached hydrogens (tertiary/aromatic N) is 1. The molecule has 0 aliphatic heterocycles. The molecule has 0 aliphatic rings. The molecule has 3 aromatic rings. The SMILES string of the molecule is Cc1oc(-c2cccc(Cl)c2)nc1CC(=O)NCCNC(=O)c1ccccc1. The van der Waals surface area contributed by atoms with Crippen LogP contribution in [0.1, 0.15) is 21.8 Å². The molecule has 0 saturated heterocycles. The van der Waals surface area contributed by atoms with Crippen LogP contribution in [0.4, 0.5) is 0 Å². The molecule has 2 N–H and O–H groups in total. The average molecular weight is 398 g/mol. The third kappa shape index (κ3) is 5.20. The Balaban J connectivity index is 1.48. The lowest BCUT2D eigenvalue weighted by Crippen LogP contribution is -2.35. The highest BCUT2D eigenvalue weighted by Gasteiger charge is 2.15. The number of aryl methyl sites for hydroxylation is 1. The Kier molecular flexibility index (Phi) is 6.45. The smallest absolute Gasteiger partial charge is 0.251 e. The van der Waals surface area contributed by atoms with Gasteiger partial charge in [0.25, 0.3) is 5.91 Å². The molecule has 0 saturated carbocycles. The van der Waals surface area contributed by atoms with Crippen LogP contribution in [-0.2, 0) is 11.2 Å². The summed E-state index contributed by atoms with van der Waals surface area (Å²) >= 11 is 5.99. The van der Waals surface area contributed by atoms with Gasteiger partial charge in [0.15, 0.2) is 0 Å². The number of hydrogen-bond donors (Lipinski definition) is 2. The van der Waals surface area contributed by atoms with Gasteiger partial charge in [0.1, 0.15) is 5.76 Å². The first-order chi connectivity index (χ1) is 13.5. The minimum atomic E-state index is -0.192. The predicted octanol–water partition coefficient (Wildman–Crippen LogP) is 3.39. The van der Waals surface area contributed by atoms with Crippen LogP contribution in [0.2, 0.25) is 5.02 Å². The Morgan fingerprint density at radius 3 is 2.54 bits per heavy atom. The summed E-state index contributed by atoms with van der Waals surface area (Å²) in [6.07, 6.45) is 0.0997. The topological polar surface area (TPSA) is 84.2 Å². The molecule has 6 nitrogen and oxygen atoms in total. The van der Waals surface area contributed by atoms with Gasteiger partial charge in [-0.05, 0) is 37.3 Å². The first kappa shape index (κ1) is 19.6. The molecule has 2 amide bonds. The van der Waals surface area contributed by atoms with Gasteiger partial charge in [-0.3, -0.25) is 9.59 Å². The molecule has 1 aromatic heterocycles. The summed E-state index contributed by atoms with van der Waals surface area (Å²) in [6, 6.07) is 16.1. The Morgan fingerprint density at radius 1 is 1.04 bits per heavy atom. The normalized spacial score (nSPS) is 10.5. The average Bonchev–Trinajstić information content (AvgIpc) is 3.06. The number of halogens is 1. The monoisotopic (exact) mass is 397 g/mol. The first-order valence-electron chi connectivity index (χ1n) is 8.85. The minimum absolute atomic E-state index is 0.0997. The summed E-state index contributed by atoms with van der Waals surface area (Å²) in [6.45, 7) is 2.43. The van der Waals surface area contributed by atoms with E-state index in [2.05, 4.69) is 15.6 Å². The van der Waals surface area contributed by atoms with Crippen molar-refractivity contribution >= 4 is 23.4 Å². The molecule has 0 fully saturated rings. The maximum Gasteiger partial charge on any atom is 0.251 e. The molecule has 144 valence electrons. The van der Waals surface area contributed by atoms with Gasteiger partial charge in [-0.1, -0.05) is 35.9 Å². The second-order valence-corrected chi connectivity index (χ2v) is 6.62. The van der Waals surface area contributed by atoms with E-state index >= 15 is 0 Å². The van der Waals surface area contributed by atoms with Crippen molar-refractivity contribution in [2.75, 3.05) is 13.1 Å². The van der Waals surface area contributed by atoms with Crippen molar-refractivity contribution in [1.82, 2.24) is 15.6 Å². The van der Waals surface area contributed by atoms with E-state index in [0.29, 0.717) is 41.0 Å². The number of aromatic nitrogens is 1. The molecule has 0 bridgehead atoms. The van der Waals surface area contributed by atoms with Crippen LogP contribution >= 0.6 is 11.6 Å². The van der Waals surface area contributed by atoms with Gasteiger partial charge in [0, 0.05) is 29.2 Å². The Labute approximate surface area is 167 Å². The van der Waals surface area contributed by atoms with Gasteiger partial charge < -0.3 is 15.1 Å². The third-order valence-electron chi connectivity index (χ3n) is 4.06. The van der Waals surface area contributed by atoms with Crippen LogP contribution in [-0.4, -0.2) is 29.9 Å². The number of carbonyl (C=O) groups is 2. The number of rotatable bonds is 7. The van der Waals surface area contributed by atoms with Crippen molar-refractivity contribution in [3.63, 3.8) is 0 Å². The van der Waals surface area contributed by atoms with Crippen LogP contribution in [0, 0.1) is 6.92 Å². The van der Waals surface area contributed by atoms with Crippen LogP contribution in [0.15, 0.2) is 59.0 Å². The lowest BCUT2D eigenvalue weighted by Gasteiger charge is -2.06. The van der Waals surface area contributed by atoms with E-state index < -0.39 is 0 Å². The molecule has 0 spiro atoms. The molecule has 7 heteroatoms. The van der Waals surface area contributed by atoms with E-state index in [1.165, 1.54) is 0 Å². The fourth-order valence-corrected chi connectivity index (χ4v) is 2.81. The number of nitrogens with one attached hydrogen (secondary N) is 2. The zero-order valence-corrected chi connectivity index (χ0v) is 16.1. The van der Waals surface area contributed by atoms with Gasteiger partial charge in [-0.2, -0.15) is 0 Å². The van der Waals surface area contributed by atoms with E-state index in [1.54, 1.807) is 43.3 Å². The fourth-order valence-electron chi connectivity index (χ4n) is 2.62. The van der Waals surface area contributed by atoms with Crippen molar-refractivity contribution < 1.29 is 14.0 Å². The summed E-state index contributed by atoms with van der Waals surface area (Å²) in [5.41, 5.74) is 1.91. The largest absolute Gasteiger partial charge is 0.441 e. The molecule has 2 aromatic carbocycles. The second-order valence-electron chi connectivity index (χ2n) is 6.18. The number of carbonyl (C=O) groups excluding carboxylic acids is 2. The third-order valence-corrected chi connectivity index (χ3v) is 4.30. The highest BCUT2D eigenvalue weighted by molar-refractivity contribution is 6.30. The maximum atomic E-state index is 12.2. The molecule has 3 rings (SSSR count). The van der Waals surface area contributed by atoms with Gasteiger partial charge in [-0.25, -0.2) is 4.98 Å². The molecule has 28 heavy (non-hydrogen) atoms. The standard InChI is InChI=1S/C21H20ClN3O3/c1-14-18(25-21(28-14)16-8-5-9-17(22)12-16)13-19(26)23-10-11-24-20(27)15-6-3-2-4-7-15/h2-9,12H,10-11,13H2,1H3,(H,23,26)(H,24,27). The van der Waals surface area contributed by atoms with E-state index in [-0.39, 0.29) is 18.2 Å². The molecule has 0 unspecified atom stereocenters. The summed E-state index contributed by atoms with van der Waals surface area (Å²) in [4.78, 5) is 28.5. The highest BCUT2D eigenvalue weighted by atomic mass is 35.5. The number of oxazole rings is 1. The zero-order valence-electron chi connectivity index (χ0n) is 15.4. The number of hydrogen-bond acceptors (Lipinski definition) is 4. The quantitative estimate of drug-likeness (QED) is 0.598. The molecule has 0 aliphatic carbocycles. The van der Waals surface area contributed by atoms with Crippen molar-refractivity contribution in [3.05, 3.63) is 76.6 Å². The van der Waals surface area contributed by atoms with Crippen molar-refractivity contribution in [3.8, 4) is 11.5 Å². The van der Waals surface area contributed by atoms with Crippen LogP contribution in [0.25, 0.3) is 11.5 Å². The van der Waals surface area contributed by atoms with E-state index in [1.807, 2.05) is 18.2 Å². The predicted molar refractivity (Wildman–Crippen MR) is 107 cm³/mol. The summed E-state index contributed by atoms with van der Waals surface area (Å²) in [5, 5.41) is 6.12. The Hall–Kier alpha value is -3.12. The van der Waals surface area contributed by atoms with E-state index in [9.17, 15) is 9.59 Å². The van der Waals surface area contributed by atoms with Crippen LogP contribution < -0.4 is 10.6 Å². The lowest BCUT2D eigenvalue weighted by molar-refractivity contribution is -0.120. The Bertz CT molecular complexity index is 970. The minimum Gasteiger partial charge on any atom is -0.441 e. The van der Waals surface area contributed by atoms with Gasteiger partial charge in [0.2, 0.25) is 11.8 Å². The fraction of sp³-hybridized carbons (Fsp3) is 0.190. The number of amides is 2. The summed E-state index contributed by atoms with van der Waals surface area (Å²) in [7, 11) is 0. The summed E-state index contributed by atoms with van der Waals surface area (Å²) in [5.74, 6) is 0.650. The molecule has 0 radical (unpaired) electrons. The van der Waals surface area contributed by atoms with Gasteiger partial charge >= 0.3 is 0 Å². The van der Waals surface area contributed by atoms with Crippen LogP contribution in [0.5, 0.6) is 0 Å². The van der Waals surface area contributed by atoms with Gasteiger partial charge in [-0.15, -0.1) is 0 Å². The second kappa shape index (κ2) is 9.19. The number of benzene rings is 2. The molecular formula is C21H20ClN3O3. The first-order valence-corrected chi connectivity index (χ1v) is 9.23. The Morgan fingerprint density at radius 2 is 1.79 bits per heavy atom. The van der Waals surface area contributed by atoms with E-state index in [0.717, 1.165) is 5.56 Å². The van der Waals surface area contributed by atoms with E-state index in [4.69, 9.17) is 16.0 Å². The van der Waals surface area contributed by atoms with Crippen molar-refractivity contribution in [1.29, 1.82) is 0 Å². The van der Waals surface area contributed by atoms with Gasteiger partial charge in [0.05, 0.1) is 12.1 Å². The van der Waals surface area contributed by atoms with Crippen LogP contribution in [0.3, 0.4) is 0 Å². The molecule has 0 atom stereocenters. The molecule has 1 heterocycles. The highest BCUT2D eigenvalue weighted by Crippen LogP contribution is 2.24. The van der Waals surface area contributed by atoms with Crippen molar-refractivity contribution in [2.24, 2.45) is 0 Å². The molecular weight excluding hydrogens is 378 g/mol. The lowest BCUT2D eigenvalue weighted by atomic mass is 10.2. The summed E-state index contributed by atoms with van der Waals surface area (Å²) < 4.78 is 5.66. The van der Waals surface area contributed by atoms with Crippen molar-refractivity contribution in [2.45, 2.75) is 13.3 Å². The zero-order chi connectivity index (χ0) is 19.9.